The molecule has 1 amide bonds. The highest BCUT2D eigenvalue weighted by Gasteiger charge is 2.10. The Labute approximate surface area is 132 Å². The van der Waals surface area contributed by atoms with E-state index >= 15 is 0 Å². The van der Waals surface area contributed by atoms with Crippen molar-refractivity contribution in [1.82, 2.24) is 10.1 Å². The highest BCUT2D eigenvalue weighted by molar-refractivity contribution is 7.99. The molecule has 0 spiro atoms. The second kappa shape index (κ2) is 7.69. The summed E-state index contributed by atoms with van der Waals surface area (Å²) in [6, 6.07) is 5.22. The summed E-state index contributed by atoms with van der Waals surface area (Å²) in [5.41, 5.74) is 0.572. The van der Waals surface area contributed by atoms with Gasteiger partial charge < -0.3 is 19.3 Å². The standard InChI is InChI=1S/C14H17N3O4S/c1-9-15-13(17-21-9)7-22-8-14(18)16-11-6-10(19-2)4-5-12(11)20-3/h4-6H,7-8H2,1-3H3,(H,16,18). The number of carbonyl (C=O) groups is 1. The van der Waals surface area contributed by atoms with E-state index in [9.17, 15) is 4.79 Å². The van der Waals surface area contributed by atoms with Gasteiger partial charge >= 0.3 is 0 Å². The molecule has 1 N–H and O–H groups in total. The predicted octanol–water partition coefficient (Wildman–Crippen LogP) is 2.27. The zero-order valence-electron chi connectivity index (χ0n) is 12.6. The first-order valence-electron chi connectivity index (χ1n) is 6.51. The third-order valence-corrected chi connectivity index (χ3v) is 3.64. The Morgan fingerprint density at radius 2 is 2.18 bits per heavy atom. The summed E-state index contributed by atoms with van der Waals surface area (Å²) in [6.07, 6.45) is 0. The molecule has 2 rings (SSSR count). The Morgan fingerprint density at radius 3 is 2.82 bits per heavy atom. The van der Waals surface area contributed by atoms with Gasteiger partial charge in [0, 0.05) is 13.0 Å². The van der Waals surface area contributed by atoms with E-state index in [-0.39, 0.29) is 11.7 Å². The maximum Gasteiger partial charge on any atom is 0.234 e. The molecule has 8 heteroatoms. The Bertz CT molecular complexity index is 645. The molecule has 22 heavy (non-hydrogen) atoms. The van der Waals surface area contributed by atoms with E-state index < -0.39 is 0 Å². The number of thioether (sulfide) groups is 1. The largest absolute Gasteiger partial charge is 0.497 e. The van der Waals surface area contributed by atoms with Gasteiger partial charge in [-0.1, -0.05) is 5.16 Å². The lowest BCUT2D eigenvalue weighted by Crippen LogP contribution is -2.15. The van der Waals surface area contributed by atoms with Gasteiger partial charge in [0.1, 0.15) is 11.5 Å². The van der Waals surface area contributed by atoms with E-state index in [0.29, 0.717) is 34.7 Å². The SMILES string of the molecule is COc1ccc(OC)c(NC(=O)CSCc2noc(C)n2)c1. The van der Waals surface area contributed by atoms with E-state index in [1.807, 2.05) is 0 Å². The van der Waals surface area contributed by atoms with Gasteiger partial charge in [0.25, 0.3) is 0 Å². The maximum atomic E-state index is 12.0. The number of amides is 1. The summed E-state index contributed by atoms with van der Waals surface area (Å²) in [4.78, 5) is 16.1. The first-order chi connectivity index (χ1) is 10.6. The van der Waals surface area contributed by atoms with Crippen molar-refractivity contribution in [2.24, 2.45) is 0 Å². The molecule has 0 bridgehead atoms. The van der Waals surface area contributed by atoms with Crippen molar-refractivity contribution in [3.05, 3.63) is 29.9 Å². The Balaban J connectivity index is 1.88. The number of nitrogens with one attached hydrogen (secondary N) is 1. The van der Waals surface area contributed by atoms with Gasteiger partial charge in [0.15, 0.2) is 5.82 Å². The third-order valence-electron chi connectivity index (χ3n) is 2.71. The molecule has 0 atom stereocenters. The number of hydrogen-bond acceptors (Lipinski definition) is 7. The van der Waals surface area contributed by atoms with E-state index in [1.165, 1.54) is 11.8 Å². The molecule has 118 valence electrons. The fourth-order valence-corrected chi connectivity index (χ4v) is 2.39. The van der Waals surface area contributed by atoms with Gasteiger partial charge in [-0.2, -0.15) is 4.98 Å². The molecular weight excluding hydrogens is 306 g/mol. The molecule has 0 aliphatic heterocycles. The number of rotatable bonds is 7. The lowest BCUT2D eigenvalue weighted by atomic mass is 10.2. The van der Waals surface area contributed by atoms with Crippen LogP contribution >= 0.6 is 11.8 Å². The van der Waals surface area contributed by atoms with Gasteiger partial charge in [-0.25, -0.2) is 0 Å². The molecule has 0 saturated carbocycles. The van der Waals surface area contributed by atoms with Crippen LogP contribution in [0.15, 0.2) is 22.7 Å². The minimum atomic E-state index is -0.142. The highest BCUT2D eigenvalue weighted by atomic mass is 32.2. The summed E-state index contributed by atoms with van der Waals surface area (Å²) in [6.45, 7) is 1.73. The van der Waals surface area contributed by atoms with Crippen LogP contribution in [-0.2, 0) is 10.5 Å². The van der Waals surface area contributed by atoms with Crippen LogP contribution in [0.5, 0.6) is 11.5 Å². The van der Waals surface area contributed by atoms with Crippen LogP contribution in [-0.4, -0.2) is 36.0 Å². The summed E-state index contributed by atoms with van der Waals surface area (Å²) in [5, 5.41) is 6.57. The number of nitrogens with zero attached hydrogens (tertiary/aromatic N) is 2. The van der Waals surface area contributed by atoms with E-state index in [4.69, 9.17) is 14.0 Å². The molecule has 0 aliphatic carbocycles. The molecular formula is C14H17N3O4S. The van der Waals surface area contributed by atoms with Crippen LogP contribution in [0.1, 0.15) is 11.7 Å². The fourth-order valence-electron chi connectivity index (χ4n) is 1.73. The molecule has 1 aromatic heterocycles. The maximum absolute atomic E-state index is 12.0. The van der Waals surface area contributed by atoms with Crippen molar-refractivity contribution in [1.29, 1.82) is 0 Å². The van der Waals surface area contributed by atoms with Crippen LogP contribution in [0.3, 0.4) is 0 Å². The van der Waals surface area contributed by atoms with Crippen LogP contribution in [0.4, 0.5) is 5.69 Å². The van der Waals surface area contributed by atoms with Crippen LogP contribution < -0.4 is 14.8 Å². The van der Waals surface area contributed by atoms with E-state index in [2.05, 4.69) is 15.5 Å². The molecule has 1 aromatic carbocycles. The summed E-state index contributed by atoms with van der Waals surface area (Å²) in [7, 11) is 3.11. The van der Waals surface area contributed by atoms with Gasteiger partial charge in [-0.05, 0) is 12.1 Å². The zero-order chi connectivity index (χ0) is 15.9. The van der Waals surface area contributed by atoms with Crippen molar-refractivity contribution < 1.29 is 18.8 Å². The average Bonchev–Trinajstić information content (AvgIpc) is 2.92. The number of ether oxygens (including phenoxy) is 2. The number of benzene rings is 1. The van der Waals surface area contributed by atoms with Crippen molar-refractivity contribution in [3.63, 3.8) is 0 Å². The van der Waals surface area contributed by atoms with Crippen LogP contribution in [0.25, 0.3) is 0 Å². The van der Waals surface area contributed by atoms with Crippen molar-refractivity contribution in [2.45, 2.75) is 12.7 Å². The van der Waals surface area contributed by atoms with Gasteiger partial charge in [-0.3, -0.25) is 4.79 Å². The quantitative estimate of drug-likeness (QED) is 0.836. The normalized spacial score (nSPS) is 10.3. The molecule has 1 heterocycles. The predicted molar refractivity (Wildman–Crippen MR) is 83.4 cm³/mol. The highest BCUT2D eigenvalue weighted by Crippen LogP contribution is 2.29. The van der Waals surface area contributed by atoms with Gasteiger partial charge in [-0.15, -0.1) is 11.8 Å². The number of carbonyl (C=O) groups excluding carboxylic acids is 1. The molecule has 0 saturated heterocycles. The summed E-state index contributed by atoms with van der Waals surface area (Å²) < 4.78 is 15.2. The van der Waals surface area contributed by atoms with Crippen LogP contribution in [0, 0.1) is 6.92 Å². The summed E-state index contributed by atoms with van der Waals surface area (Å²) in [5.74, 6) is 2.96. The Morgan fingerprint density at radius 1 is 1.36 bits per heavy atom. The van der Waals surface area contributed by atoms with Gasteiger partial charge in [0.2, 0.25) is 11.8 Å². The first kappa shape index (κ1) is 16.2. The second-order valence-electron chi connectivity index (χ2n) is 4.34. The molecule has 0 fully saturated rings. The molecule has 0 unspecified atom stereocenters. The molecule has 2 aromatic rings. The van der Waals surface area contributed by atoms with Gasteiger partial charge in [0.05, 0.1) is 31.4 Å². The molecule has 7 nitrogen and oxygen atoms in total. The smallest absolute Gasteiger partial charge is 0.234 e. The van der Waals surface area contributed by atoms with E-state index in [1.54, 1.807) is 39.3 Å². The second-order valence-corrected chi connectivity index (χ2v) is 5.32. The lowest BCUT2D eigenvalue weighted by molar-refractivity contribution is -0.113. The average molecular weight is 323 g/mol. The fraction of sp³-hybridized carbons (Fsp3) is 0.357. The zero-order valence-corrected chi connectivity index (χ0v) is 13.4. The van der Waals surface area contributed by atoms with E-state index in [0.717, 1.165) is 0 Å². The first-order valence-corrected chi connectivity index (χ1v) is 7.66. The lowest BCUT2D eigenvalue weighted by Gasteiger charge is -2.11. The minimum absolute atomic E-state index is 0.142. The summed E-state index contributed by atoms with van der Waals surface area (Å²) >= 11 is 1.40. The number of hydrogen-bond donors (Lipinski definition) is 1. The number of aromatic nitrogens is 2. The van der Waals surface area contributed by atoms with Crippen molar-refractivity contribution >= 4 is 23.4 Å². The third kappa shape index (κ3) is 4.39. The molecule has 0 aliphatic rings. The monoisotopic (exact) mass is 323 g/mol. The topological polar surface area (TPSA) is 86.5 Å². The van der Waals surface area contributed by atoms with Crippen LogP contribution in [0.2, 0.25) is 0 Å². The number of methoxy groups -OCH3 is 2. The minimum Gasteiger partial charge on any atom is -0.497 e. The number of aryl methyl sites for hydroxylation is 1. The van der Waals surface area contributed by atoms with Crippen molar-refractivity contribution in [2.75, 3.05) is 25.3 Å². The Kier molecular flexibility index (Phi) is 5.65. The number of anilines is 1. The van der Waals surface area contributed by atoms with Crippen molar-refractivity contribution in [3.8, 4) is 11.5 Å². The molecule has 0 radical (unpaired) electrons. The Hall–Kier alpha value is -2.22.